The third-order valence-corrected chi connectivity index (χ3v) is 12.9. The van der Waals surface area contributed by atoms with Gasteiger partial charge in [0, 0.05) is 36.5 Å². The Morgan fingerprint density at radius 3 is 2.46 bits per heavy atom. The first kappa shape index (κ1) is 40.7. The minimum atomic E-state index is 0.0954. The van der Waals surface area contributed by atoms with Crippen molar-refractivity contribution in [2.75, 3.05) is 36.4 Å². The standard InChI is InChI=1S/C51H63N5S/c1-9-15-35(2)33-55-29-26-39(27-30-55)16-12-17-40-18-13-20-42(37(40)4)44-24-25-48(54-49(44)36(3)32-51(6,7)8)56-31-28-41-19-14-21-43(45(41)34-56)38(5)52-50-53-46-22-10-11-23-47(46)57-50/h10-11,13-14,18-25,39H,2-3,5,9,12,15-17,26-34H2,1,4,6-8H3,(H,52,53). The Morgan fingerprint density at radius 1 is 0.895 bits per heavy atom. The maximum atomic E-state index is 5.50. The summed E-state index contributed by atoms with van der Waals surface area (Å²) in [7, 11) is 0. The lowest BCUT2D eigenvalue weighted by Crippen LogP contribution is -2.35. The first-order chi connectivity index (χ1) is 27.5. The van der Waals surface area contributed by atoms with Crippen molar-refractivity contribution in [1.29, 1.82) is 0 Å². The van der Waals surface area contributed by atoms with E-state index in [-0.39, 0.29) is 5.41 Å². The Labute approximate surface area is 346 Å². The van der Waals surface area contributed by atoms with E-state index in [1.54, 1.807) is 11.3 Å². The number of pyridine rings is 1. The van der Waals surface area contributed by atoms with Crippen LogP contribution in [0.2, 0.25) is 0 Å². The molecule has 2 aromatic heterocycles. The Kier molecular flexibility index (Phi) is 12.8. The molecule has 0 unspecified atom stereocenters. The predicted molar refractivity (Wildman–Crippen MR) is 247 cm³/mol. The molecule has 0 spiro atoms. The largest absolute Gasteiger partial charge is 0.352 e. The van der Waals surface area contributed by atoms with Crippen LogP contribution in [0.25, 0.3) is 32.6 Å². The number of benzene rings is 3. The van der Waals surface area contributed by atoms with E-state index in [0.29, 0.717) is 0 Å². The number of fused-ring (bicyclic) bond motifs is 2. The molecule has 0 amide bonds. The topological polar surface area (TPSA) is 44.3 Å². The van der Waals surface area contributed by atoms with Gasteiger partial charge >= 0.3 is 0 Å². The predicted octanol–water partition coefficient (Wildman–Crippen LogP) is 13.2. The zero-order chi connectivity index (χ0) is 40.1. The van der Waals surface area contributed by atoms with Crippen LogP contribution in [0, 0.1) is 18.3 Å². The van der Waals surface area contributed by atoms with Crippen LogP contribution in [0.4, 0.5) is 10.9 Å². The van der Waals surface area contributed by atoms with Gasteiger partial charge in [-0.1, -0.05) is 126 Å². The molecule has 298 valence electrons. The number of hydrogen-bond acceptors (Lipinski definition) is 6. The third kappa shape index (κ3) is 9.96. The minimum Gasteiger partial charge on any atom is -0.352 e. The molecule has 0 saturated carbocycles. The maximum absolute atomic E-state index is 5.50. The van der Waals surface area contributed by atoms with Gasteiger partial charge in [0.15, 0.2) is 5.13 Å². The molecular weight excluding hydrogens is 715 g/mol. The van der Waals surface area contributed by atoms with Gasteiger partial charge in [0.25, 0.3) is 0 Å². The summed E-state index contributed by atoms with van der Waals surface area (Å²) in [5, 5.41) is 4.40. The summed E-state index contributed by atoms with van der Waals surface area (Å²) in [5.74, 6) is 1.84. The molecule has 2 aliphatic heterocycles. The molecule has 1 fully saturated rings. The van der Waals surface area contributed by atoms with E-state index < -0.39 is 0 Å². The van der Waals surface area contributed by atoms with Gasteiger partial charge in [-0.15, -0.1) is 0 Å². The summed E-state index contributed by atoms with van der Waals surface area (Å²) in [6, 6.07) is 26.3. The number of piperidine rings is 1. The van der Waals surface area contributed by atoms with Crippen molar-refractivity contribution in [1.82, 2.24) is 14.9 Å². The number of anilines is 2. The average Bonchev–Trinajstić information content (AvgIpc) is 3.60. The number of para-hydroxylation sites is 1. The highest BCUT2D eigenvalue weighted by molar-refractivity contribution is 7.22. The summed E-state index contributed by atoms with van der Waals surface area (Å²) in [6.07, 6.45) is 10.5. The molecule has 1 N–H and O–H groups in total. The number of thiazole rings is 1. The van der Waals surface area contributed by atoms with Crippen LogP contribution in [-0.4, -0.2) is 41.0 Å². The summed E-state index contributed by atoms with van der Waals surface area (Å²) in [4.78, 5) is 15.4. The molecule has 0 radical (unpaired) electrons. The second-order valence-corrected chi connectivity index (χ2v) is 18.8. The molecule has 6 heteroatoms. The number of nitrogens with one attached hydrogen (secondary N) is 1. The van der Waals surface area contributed by atoms with E-state index in [1.165, 1.54) is 88.8 Å². The Bertz CT molecular complexity index is 2200. The van der Waals surface area contributed by atoms with Gasteiger partial charge in [-0.3, -0.25) is 4.90 Å². The van der Waals surface area contributed by atoms with Crippen LogP contribution >= 0.6 is 11.3 Å². The number of rotatable bonds is 15. The number of likely N-dealkylation sites (tertiary alicyclic amines) is 1. The van der Waals surface area contributed by atoms with E-state index >= 15 is 0 Å². The highest BCUT2D eigenvalue weighted by atomic mass is 32.1. The van der Waals surface area contributed by atoms with Crippen molar-refractivity contribution in [3.8, 4) is 11.1 Å². The first-order valence-corrected chi connectivity index (χ1v) is 22.1. The zero-order valence-corrected chi connectivity index (χ0v) is 36.0. The SMILES string of the molecule is C=C(CCC)CN1CCC(CCCc2cccc(-c3ccc(N4CCc5cccc(C(=C)Nc6nc7ccccc7s6)c5C4)nc3C(=C)CC(C)(C)C)c2C)CC1. The lowest BCUT2D eigenvalue weighted by atomic mass is 9.84. The van der Waals surface area contributed by atoms with Crippen LogP contribution in [0.15, 0.2) is 98.1 Å². The fraction of sp³-hybridized carbons (Fsp3) is 0.412. The molecule has 5 aromatic rings. The van der Waals surface area contributed by atoms with Gasteiger partial charge in [0.1, 0.15) is 5.82 Å². The second-order valence-electron chi connectivity index (χ2n) is 17.8. The van der Waals surface area contributed by atoms with Crippen molar-refractivity contribution >= 4 is 43.8 Å². The van der Waals surface area contributed by atoms with Gasteiger partial charge in [0.2, 0.25) is 0 Å². The molecule has 1 saturated heterocycles. The van der Waals surface area contributed by atoms with E-state index in [0.717, 1.165) is 90.2 Å². The van der Waals surface area contributed by atoms with Gasteiger partial charge in [-0.25, -0.2) is 9.97 Å². The maximum Gasteiger partial charge on any atom is 0.188 e. The first-order valence-electron chi connectivity index (χ1n) is 21.3. The number of aromatic nitrogens is 2. The van der Waals surface area contributed by atoms with Gasteiger partial charge < -0.3 is 10.2 Å². The van der Waals surface area contributed by atoms with Crippen molar-refractivity contribution in [3.63, 3.8) is 0 Å². The van der Waals surface area contributed by atoms with E-state index in [4.69, 9.17) is 9.97 Å². The number of allylic oxidation sites excluding steroid dienone is 1. The number of hydrogen-bond donors (Lipinski definition) is 1. The van der Waals surface area contributed by atoms with Crippen molar-refractivity contribution in [2.45, 2.75) is 99.0 Å². The summed E-state index contributed by atoms with van der Waals surface area (Å²) in [5.41, 5.74) is 14.6. The summed E-state index contributed by atoms with van der Waals surface area (Å²) < 4.78 is 1.17. The van der Waals surface area contributed by atoms with Crippen LogP contribution in [-0.2, 0) is 19.4 Å². The summed E-state index contributed by atoms with van der Waals surface area (Å²) in [6.45, 7) is 30.1. The highest BCUT2D eigenvalue weighted by Gasteiger charge is 2.25. The smallest absolute Gasteiger partial charge is 0.188 e. The third-order valence-electron chi connectivity index (χ3n) is 12.0. The molecule has 0 bridgehead atoms. The second kappa shape index (κ2) is 18.0. The lowest BCUT2D eigenvalue weighted by molar-refractivity contribution is 0.189. The van der Waals surface area contributed by atoms with Crippen LogP contribution in [0.5, 0.6) is 0 Å². The van der Waals surface area contributed by atoms with E-state index in [9.17, 15) is 0 Å². The fourth-order valence-corrected chi connectivity index (χ4v) is 9.92. The number of aryl methyl sites for hydroxylation is 1. The number of nitrogens with zero attached hydrogens (tertiary/aromatic N) is 4. The van der Waals surface area contributed by atoms with Crippen LogP contribution < -0.4 is 10.2 Å². The normalized spacial score (nSPS) is 15.1. The van der Waals surface area contributed by atoms with E-state index in [1.807, 2.05) is 6.07 Å². The van der Waals surface area contributed by atoms with Gasteiger partial charge in [-0.05, 0) is 134 Å². The lowest BCUT2D eigenvalue weighted by Gasteiger charge is -2.32. The van der Waals surface area contributed by atoms with Crippen LogP contribution in [0.3, 0.4) is 0 Å². The Hall–Kier alpha value is -4.52. The van der Waals surface area contributed by atoms with Gasteiger partial charge in [0.05, 0.1) is 15.9 Å². The van der Waals surface area contributed by atoms with Gasteiger partial charge in [-0.2, -0.15) is 0 Å². The zero-order valence-electron chi connectivity index (χ0n) is 35.2. The molecule has 3 aromatic carbocycles. The highest BCUT2D eigenvalue weighted by Crippen LogP contribution is 2.39. The molecule has 5 nitrogen and oxygen atoms in total. The Morgan fingerprint density at radius 2 is 1.68 bits per heavy atom. The molecule has 2 aliphatic rings. The van der Waals surface area contributed by atoms with E-state index in [2.05, 4.69) is 136 Å². The van der Waals surface area contributed by atoms with Crippen molar-refractivity contribution in [2.24, 2.45) is 11.3 Å². The molecule has 57 heavy (non-hydrogen) atoms. The quantitative estimate of drug-likeness (QED) is 0.107. The molecule has 0 aliphatic carbocycles. The van der Waals surface area contributed by atoms with Crippen LogP contribution in [0.1, 0.15) is 106 Å². The molecule has 4 heterocycles. The minimum absolute atomic E-state index is 0.0954. The van der Waals surface area contributed by atoms with Crippen molar-refractivity contribution in [3.05, 3.63) is 132 Å². The molecular formula is C51H63N5S. The average molecular weight is 778 g/mol. The molecule has 7 rings (SSSR count). The Balaban J connectivity index is 1.08. The monoisotopic (exact) mass is 777 g/mol. The summed E-state index contributed by atoms with van der Waals surface area (Å²) >= 11 is 1.66. The van der Waals surface area contributed by atoms with Crippen molar-refractivity contribution < 1.29 is 0 Å². The molecule has 0 atom stereocenters. The fourth-order valence-electron chi connectivity index (χ4n) is 9.03.